The minimum absolute atomic E-state index is 0.337. The average molecular weight is 591 g/mol. The van der Waals surface area contributed by atoms with Gasteiger partial charge in [-0.3, -0.25) is 0 Å². The first kappa shape index (κ1) is 27.0. The molecule has 2 N–H and O–H groups in total. The summed E-state index contributed by atoms with van der Waals surface area (Å²) >= 11 is -3.46. The Hall–Kier alpha value is -1.00. The fraction of sp³-hybridized carbons (Fsp3) is 0.571. The van der Waals surface area contributed by atoms with Gasteiger partial charge in [-0.1, -0.05) is 0 Å². The molecular weight excluding hydrogens is 551 g/mol. The van der Waals surface area contributed by atoms with Crippen molar-refractivity contribution in [1.82, 2.24) is 0 Å². The third-order valence-corrected chi connectivity index (χ3v) is 17.5. The summed E-state index contributed by atoms with van der Waals surface area (Å²) in [5.41, 5.74) is 2.03. The Kier molecular flexibility index (Phi) is 10.0. The summed E-state index contributed by atoms with van der Waals surface area (Å²) in [5, 5.41) is 22.4. The van der Waals surface area contributed by atoms with Crippen molar-refractivity contribution < 1.29 is 25.8 Å². The van der Waals surface area contributed by atoms with Crippen molar-refractivity contribution in [3.05, 3.63) is 71.8 Å². The van der Waals surface area contributed by atoms with Crippen LogP contribution in [0.4, 0.5) is 0 Å². The number of unbranched alkanes of at least 4 members (excludes halogenated alkanes) is 2. The Morgan fingerprint density at radius 3 is 1.46 bits per heavy atom. The molecule has 2 fully saturated rings. The first-order chi connectivity index (χ1) is 17.1. The van der Waals surface area contributed by atoms with E-state index in [1.165, 1.54) is 0 Å². The molecule has 1 aliphatic heterocycles. The van der Waals surface area contributed by atoms with Crippen LogP contribution in [-0.2, 0) is 28.8 Å². The van der Waals surface area contributed by atoms with Crippen LogP contribution < -0.4 is 0 Å². The van der Waals surface area contributed by atoms with Gasteiger partial charge in [-0.05, 0) is 0 Å². The Morgan fingerprint density at radius 1 is 0.686 bits per heavy atom. The fourth-order valence-electron chi connectivity index (χ4n) is 5.12. The molecule has 192 valence electrons. The molecule has 0 bridgehead atoms. The SMILES string of the molecule is CCC[CH2][Sn]1([CH2]CCC)[O][C@@H]2[C@H]([O]1)[C@@H](OCc1ccccc1)[C@H](O)[C@@H](O)[C@@H]2OCc1ccccc1. The standard InChI is InChI=1S/C20H22O6.2C4H9.Sn/c21-15-17(23)20(26-12-14-9-5-2-6-10-14)18(24)16(22)19(15)25-11-13-7-3-1-4-8-13;2*1-3-4-2;/h1-10,15-21,23H,11-12H2;2*1,3-4H2,2H3;/q-2;;;+2/t15-,16-,17-,18+,19+,20+;;;/m1.../s1. The number of hydrogen-bond acceptors (Lipinski definition) is 6. The Balaban J connectivity index is 1.57. The second kappa shape index (κ2) is 13.0. The molecule has 6 nitrogen and oxygen atoms in total. The van der Waals surface area contributed by atoms with Gasteiger partial charge in [-0.2, -0.15) is 0 Å². The molecule has 0 amide bonds. The van der Waals surface area contributed by atoms with E-state index in [-0.39, 0.29) is 0 Å². The van der Waals surface area contributed by atoms with Gasteiger partial charge in [0.2, 0.25) is 0 Å². The summed E-state index contributed by atoms with van der Waals surface area (Å²) in [4.78, 5) is 0. The maximum atomic E-state index is 11.2. The number of hydrogen-bond donors (Lipinski definition) is 2. The zero-order chi connectivity index (χ0) is 24.7. The second-order valence-electron chi connectivity index (χ2n) is 9.79. The van der Waals surface area contributed by atoms with E-state index < -0.39 is 55.8 Å². The molecule has 1 aliphatic carbocycles. The van der Waals surface area contributed by atoms with E-state index in [4.69, 9.17) is 15.6 Å². The summed E-state index contributed by atoms with van der Waals surface area (Å²) in [6.45, 7) is 5.05. The monoisotopic (exact) mass is 592 g/mol. The van der Waals surface area contributed by atoms with Crippen LogP contribution >= 0.6 is 0 Å². The molecule has 2 aliphatic rings. The minimum atomic E-state index is -3.46. The molecule has 1 saturated carbocycles. The van der Waals surface area contributed by atoms with Crippen molar-refractivity contribution in [3.63, 3.8) is 0 Å². The van der Waals surface area contributed by atoms with E-state index in [0.717, 1.165) is 45.7 Å². The van der Waals surface area contributed by atoms with Crippen LogP contribution in [0.2, 0.25) is 8.87 Å². The Bertz CT molecular complexity index is 808. The van der Waals surface area contributed by atoms with Crippen LogP contribution in [0.15, 0.2) is 60.7 Å². The predicted octanol–water partition coefficient (Wildman–Crippen LogP) is 4.72. The van der Waals surface area contributed by atoms with Gasteiger partial charge in [0.25, 0.3) is 0 Å². The van der Waals surface area contributed by atoms with E-state index in [1.807, 2.05) is 60.7 Å². The number of benzene rings is 2. The first-order valence-electron chi connectivity index (χ1n) is 13.1. The number of fused-ring (bicyclic) bond motifs is 1. The summed E-state index contributed by atoms with van der Waals surface area (Å²) in [6, 6.07) is 19.8. The van der Waals surface area contributed by atoms with E-state index in [9.17, 15) is 10.2 Å². The average Bonchev–Trinajstić information content (AvgIpc) is 3.27. The van der Waals surface area contributed by atoms with Crippen LogP contribution in [0.25, 0.3) is 0 Å². The van der Waals surface area contributed by atoms with E-state index in [2.05, 4.69) is 13.8 Å². The topological polar surface area (TPSA) is 77.4 Å². The number of rotatable bonds is 12. The first-order valence-corrected chi connectivity index (χ1v) is 19.5. The van der Waals surface area contributed by atoms with Gasteiger partial charge in [0.15, 0.2) is 0 Å². The van der Waals surface area contributed by atoms with Crippen LogP contribution in [0.1, 0.15) is 50.7 Å². The molecule has 7 heteroatoms. The number of aliphatic hydroxyl groups excluding tert-OH is 2. The molecule has 1 saturated heterocycles. The van der Waals surface area contributed by atoms with Crippen LogP contribution in [-0.4, -0.2) is 66.0 Å². The van der Waals surface area contributed by atoms with E-state index >= 15 is 0 Å². The third kappa shape index (κ3) is 6.66. The molecule has 2 aromatic carbocycles. The molecular formula is C28H40O6Sn. The molecule has 0 spiro atoms. The van der Waals surface area contributed by atoms with E-state index in [0.29, 0.717) is 13.2 Å². The van der Waals surface area contributed by atoms with Crippen molar-refractivity contribution in [2.24, 2.45) is 0 Å². The van der Waals surface area contributed by atoms with Gasteiger partial charge in [0.1, 0.15) is 0 Å². The molecule has 35 heavy (non-hydrogen) atoms. The summed E-state index contributed by atoms with van der Waals surface area (Å²) in [6.07, 6.45) is -0.176. The van der Waals surface area contributed by atoms with Gasteiger partial charge >= 0.3 is 215 Å². The van der Waals surface area contributed by atoms with Gasteiger partial charge in [0.05, 0.1) is 0 Å². The molecule has 6 atom stereocenters. The zero-order valence-electron chi connectivity index (χ0n) is 20.9. The van der Waals surface area contributed by atoms with Crippen LogP contribution in [0, 0.1) is 0 Å². The van der Waals surface area contributed by atoms with E-state index in [1.54, 1.807) is 0 Å². The number of ether oxygens (including phenoxy) is 2. The van der Waals surface area contributed by atoms with Crippen molar-refractivity contribution in [1.29, 1.82) is 0 Å². The fourth-order valence-corrected chi connectivity index (χ4v) is 16.8. The molecule has 4 rings (SSSR count). The molecule has 0 aromatic heterocycles. The van der Waals surface area contributed by atoms with Gasteiger partial charge < -0.3 is 0 Å². The van der Waals surface area contributed by atoms with Gasteiger partial charge in [-0.25, -0.2) is 0 Å². The third-order valence-electron chi connectivity index (χ3n) is 7.09. The summed E-state index contributed by atoms with van der Waals surface area (Å²) < 4.78 is 28.2. The van der Waals surface area contributed by atoms with Crippen molar-refractivity contribution in [3.8, 4) is 0 Å². The quantitative estimate of drug-likeness (QED) is 0.348. The number of aliphatic hydroxyl groups is 2. The Labute approximate surface area is 214 Å². The van der Waals surface area contributed by atoms with Crippen LogP contribution in [0.5, 0.6) is 0 Å². The zero-order valence-corrected chi connectivity index (χ0v) is 23.8. The summed E-state index contributed by atoms with van der Waals surface area (Å²) in [5.74, 6) is 0. The van der Waals surface area contributed by atoms with Crippen LogP contribution in [0.3, 0.4) is 0 Å². The Morgan fingerprint density at radius 2 is 1.09 bits per heavy atom. The normalized spacial score (nSPS) is 29.7. The van der Waals surface area contributed by atoms with Gasteiger partial charge in [0, 0.05) is 0 Å². The molecule has 2 aromatic rings. The maximum absolute atomic E-state index is 11.2. The van der Waals surface area contributed by atoms with Gasteiger partial charge in [-0.15, -0.1) is 0 Å². The van der Waals surface area contributed by atoms with Crippen molar-refractivity contribution >= 4 is 19.2 Å². The molecule has 0 unspecified atom stereocenters. The second-order valence-corrected chi connectivity index (χ2v) is 19.2. The van der Waals surface area contributed by atoms with Crippen molar-refractivity contribution in [2.75, 3.05) is 0 Å². The molecule has 1 heterocycles. The summed E-state index contributed by atoms with van der Waals surface area (Å²) in [7, 11) is 0. The molecule has 0 radical (unpaired) electrons. The van der Waals surface area contributed by atoms with Crippen molar-refractivity contribution in [2.45, 2.75) is 98.2 Å². The predicted molar refractivity (Wildman–Crippen MR) is 137 cm³/mol.